The first-order valence-corrected chi connectivity index (χ1v) is 5.87. The van der Waals surface area contributed by atoms with Crippen LogP contribution in [0.15, 0.2) is 30.3 Å². The summed E-state index contributed by atoms with van der Waals surface area (Å²) in [5.74, 6) is -0.274. The molecule has 5 nitrogen and oxygen atoms in total. The molecular formula is C13H20N2O3. The highest BCUT2D eigenvalue weighted by atomic mass is 16.5. The van der Waals surface area contributed by atoms with Crippen LogP contribution in [-0.4, -0.2) is 37.4 Å². The van der Waals surface area contributed by atoms with Crippen molar-refractivity contribution in [3.8, 4) is 0 Å². The summed E-state index contributed by atoms with van der Waals surface area (Å²) in [6.45, 7) is 2.25. The lowest BCUT2D eigenvalue weighted by atomic mass is 9.93. The van der Waals surface area contributed by atoms with Gasteiger partial charge >= 0.3 is 0 Å². The molecule has 1 atom stereocenters. The molecule has 0 bridgehead atoms. The molecule has 0 aromatic heterocycles. The van der Waals surface area contributed by atoms with E-state index in [0.717, 1.165) is 5.56 Å². The lowest BCUT2D eigenvalue weighted by Crippen LogP contribution is -2.47. The van der Waals surface area contributed by atoms with Gasteiger partial charge in [0.1, 0.15) is 6.61 Å². The van der Waals surface area contributed by atoms with Crippen LogP contribution < -0.4 is 11.1 Å². The fraction of sp³-hybridized carbons (Fsp3) is 0.462. The number of carbonyl (C=O) groups is 1. The van der Waals surface area contributed by atoms with Crippen molar-refractivity contribution in [2.75, 3.05) is 26.4 Å². The molecule has 0 aliphatic heterocycles. The number of ether oxygens (including phenoxy) is 1. The van der Waals surface area contributed by atoms with Crippen molar-refractivity contribution >= 4 is 5.91 Å². The van der Waals surface area contributed by atoms with Crippen LogP contribution in [-0.2, 0) is 15.1 Å². The molecule has 0 aliphatic carbocycles. The highest BCUT2D eigenvalue weighted by Crippen LogP contribution is 2.19. The Labute approximate surface area is 107 Å². The molecule has 1 aromatic carbocycles. The predicted molar refractivity (Wildman–Crippen MR) is 68.9 cm³/mol. The van der Waals surface area contributed by atoms with E-state index in [9.17, 15) is 9.90 Å². The van der Waals surface area contributed by atoms with E-state index in [1.54, 1.807) is 6.92 Å². The second kappa shape index (κ2) is 7.10. The number of aliphatic hydroxyl groups excluding tert-OH is 1. The van der Waals surface area contributed by atoms with Crippen molar-refractivity contribution in [2.45, 2.75) is 12.5 Å². The predicted octanol–water partition coefficient (Wildman–Crippen LogP) is -0.0144. The number of rotatable bonds is 7. The van der Waals surface area contributed by atoms with E-state index in [-0.39, 0.29) is 19.1 Å². The number of hydrogen-bond acceptors (Lipinski definition) is 4. The first kappa shape index (κ1) is 14.6. The summed E-state index contributed by atoms with van der Waals surface area (Å²) in [6, 6.07) is 9.32. The Bertz CT molecular complexity index is 370. The first-order valence-electron chi connectivity index (χ1n) is 5.87. The van der Waals surface area contributed by atoms with E-state index >= 15 is 0 Å². The zero-order valence-corrected chi connectivity index (χ0v) is 10.6. The number of nitrogens with one attached hydrogen (secondary N) is 1. The van der Waals surface area contributed by atoms with Gasteiger partial charge in [-0.3, -0.25) is 4.79 Å². The fourth-order valence-electron chi connectivity index (χ4n) is 1.60. The molecule has 1 rings (SSSR count). The highest BCUT2D eigenvalue weighted by molar-refractivity contribution is 5.78. The number of nitrogens with two attached hydrogens (primary N) is 1. The van der Waals surface area contributed by atoms with Gasteiger partial charge in [-0.1, -0.05) is 30.3 Å². The van der Waals surface area contributed by atoms with Gasteiger partial charge in [0.25, 0.3) is 0 Å². The summed E-state index contributed by atoms with van der Waals surface area (Å²) in [6.07, 6.45) is 0. The molecule has 100 valence electrons. The Kier molecular flexibility index (Phi) is 5.77. The maximum Gasteiger partial charge on any atom is 0.246 e. The van der Waals surface area contributed by atoms with Gasteiger partial charge in [0.05, 0.1) is 18.8 Å². The third kappa shape index (κ3) is 4.10. The molecule has 0 aliphatic rings. The maximum atomic E-state index is 11.7. The molecule has 0 heterocycles. The SMILES string of the molecule is CC(CO)(NC(=O)COCCN)c1ccccc1. The van der Waals surface area contributed by atoms with Crippen molar-refractivity contribution in [3.05, 3.63) is 35.9 Å². The van der Waals surface area contributed by atoms with Crippen LogP contribution in [0.3, 0.4) is 0 Å². The molecular weight excluding hydrogens is 232 g/mol. The van der Waals surface area contributed by atoms with E-state index in [1.807, 2.05) is 30.3 Å². The lowest BCUT2D eigenvalue weighted by Gasteiger charge is -2.29. The Morgan fingerprint density at radius 2 is 2.11 bits per heavy atom. The first-order chi connectivity index (χ1) is 8.62. The van der Waals surface area contributed by atoms with Crippen LogP contribution in [0.25, 0.3) is 0 Å². The molecule has 0 spiro atoms. The third-order valence-electron chi connectivity index (χ3n) is 2.64. The highest BCUT2D eigenvalue weighted by Gasteiger charge is 2.27. The summed E-state index contributed by atoms with van der Waals surface area (Å²) >= 11 is 0. The van der Waals surface area contributed by atoms with Crippen LogP contribution in [0.4, 0.5) is 0 Å². The Morgan fingerprint density at radius 3 is 2.67 bits per heavy atom. The largest absolute Gasteiger partial charge is 0.394 e. The van der Waals surface area contributed by atoms with E-state index in [0.29, 0.717) is 13.2 Å². The van der Waals surface area contributed by atoms with Crippen LogP contribution in [0.2, 0.25) is 0 Å². The van der Waals surface area contributed by atoms with E-state index in [1.165, 1.54) is 0 Å². The van der Waals surface area contributed by atoms with Crippen molar-refractivity contribution in [1.29, 1.82) is 0 Å². The van der Waals surface area contributed by atoms with Crippen molar-refractivity contribution < 1.29 is 14.6 Å². The van der Waals surface area contributed by atoms with Gasteiger partial charge in [0.15, 0.2) is 0 Å². The van der Waals surface area contributed by atoms with Gasteiger partial charge in [-0.05, 0) is 12.5 Å². The number of carbonyl (C=O) groups excluding carboxylic acids is 1. The Balaban J connectivity index is 2.63. The van der Waals surface area contributed by atoms with Crippen LogP contribution in [0.5, 0.6) is 0 Å². The zero-order valence-electron chi connectivity index (χ0n) is 10.6. The Hall–Kier alpha value is -1.43. The number of hydrogen-bond donors (Lipinski definition) is 3. The topological polar surface area (TPSA) is 84.6 Å². The fourth-order valence-corrected chi connectivity index (χ4v) is 1.60. The molecule has 1 amide bonds. The van der Waals surface area contributed by atoms with Gasteiger partial charge in [-0.25, -0.2) is 0 Å². The average molecular weight is 252 g/mol. The molecule has 1 unspecified atom stereocenters. The molecule has 0 saturated heterocycles. The standard InChI is InChI=1S/C13H20N2O3/c1-13(10-16,11-5-3-2-4-6-11)15-12(17)9-18-8-7-14/h2-6,16H,7-10,14H2,1H3,(H,15,17). The minimum Gasteiger partial charge on any atom is -0.394 e. The quantitative estimate of drug-likeness (QED) is 0.596. The zero-order chi connectivity index (χ0) is 13.4. The summed E-state index contributed by atoms with van der Waals surface area (Å²) < 4.78 is 5.05. The summed E-state index contributed by atoms with van der Waals surface area (Å²) in [5.41, 5.74) is 5.31. The minimum atomic E-state index is -0.801. The van der Waals surface area contributed by atoms with Gasteiger partial charge in [0.2, 0.25) is 5.91 Å². The molecule has 0 saturated carbocycles. The van der Waals surface area contributed by atoms with Crippen LogP contribution >= 0.6 is 0 Å². The smallest absolute Gasteiger partial charge is 0.246 e. The van der Waals surface area contributed by atoms with E-state index in [2.05, 4.69) is 5.32 Å². The molecule has 18 heavy (non-hydrogen) atoms. The molecule has 4 N–H and O–H groups in total. The van der Waals surface area contributed by atoms with Crippen molar-refractivity contribution in [3.63, 3.8) is 0 Å². The molecule has 5 heteroatoms. The summed E-state index contributed by atoms with van der Waals surface area (Å²) in [5, 5.41) is 12.2. The summed E-state index contributed by atoms with van der Waals surface area (Å²) in [7, 11) is 0. The molecule has 1 aromatic rings. The van der Waals surface area contributed by atoms with Gasteiger partial charge in [-0.15, -0.1) is 0 Å². The summed E-state index contributed by atoms with van der Waals surface area (Å²) in [4.78, 5) is 11.7. The van der Waals surface area contributed by atoms with Crippen LogP contribution in [0, 0.1) is 0 Å². The molecule has 0 radical (unpaired) electrons. The van der Waals surface area contributed by atoms with Gasteiger partial charge in [0, 0.05) is 6.54 Å². The Morgan fingerprint density at radius 1 is 1.44 bits per heavy atom. The van der Waals surface area contributed by atoms with Crippen molar-refractivity contribution in [1.82, 2.24) is 5.32 Å². The molecule has 0 fully saturated rings. The normalized spacial score (nSPS) is 13.9. The van der Waals surface area contributed by atoms with E-state index < -0.39 is 5.54 Å². The average Bonchev–Trinajstić information content (AvgIpc) is 2.40. The number of amides is 1. The minimum absolute atomic E-state index is 0.0559. The maximum absolute atomic E-state index is 11.7. The van der Waals surface area contributed by atoms with Gasteiger partial charge < -0.3 is 20.9 Å². The van der Waals surface area contributed by atoms with Crippen LogP contribution in [0.1, 0.15) is 12.5 Å². The number of aliphatic hydroxyl groups is 1. The second-order valence-corrected chi connectivity index (χ2v) is 4.25. The monoisotopic (exact) mass is 252 g/mol. The number of benzene rings is 1. The van der Waals surface area contributed by atoms with Gasteiger partial charge in [-0.2, -0.15) is 0 Å². The van der Waals surface area contributed by atoms with Crippen molar-refractivity contribution in [2.24, 2.45) is 5.73 Å². The lowest BCUT2D eigenvalue weighted by molar-refractivity contribution is -0.128. The van der Waals surface area contributed by atoms with E-state index in [4.69, 9.17) is 10.5 Å². The second-order valence-electron chi connectivity index (χ2n) is 4.25. The third-order valence-corrected chi connectivity index (χ3v) is 2.64.